The van der Waals surface area contributed by atoms with Gasteiger partial charge in [-0.25, -0.2) is 9.97 Å². The number of anilines is 2. The van der Waals surface area contributed by atoms with Crippen molar-refractivity contribution in [3.63, 3.8) is 0 Å². The molecule has 0 atom stereocenters. The maximum absolute atomic E-state index is 12.9. The standard InChI is InChI=1S/C24H23N7O3/c1-3-31-22(25)20(24(34)26-2)21(33)16-9-10-17(29-23(16)31)14-7-8-15(28-13-14)12-19(32)30-18-6-4-5-11-27-18/h4-11,13H,3,12,25H2,1-2H3,(H,26,34)(H,27,30,32). The molecule has 0 saturated heterocycles. The van der Waals surface area contributed by atoms with Crippen molar-refractivity contribution in [2.45, 2.75) is 19.9 Å². The van der Waals surface area contributed by atoms with Gasteiger partial charge in [-0.3, -0.25) is 19.4 Å². The van der Waals surface area contributed by atoms with E-state index in [4.69, 9.17) is 5.73 Å². The number of hydrogen-bond acceptors (Lipinski definition) is 7. The molecule has 4 N–H and O–H groups in total. The normalized spacial score (nSPS) is 10.8. The monoisotopic (exact) mass is 457 g/mol. The molecular formula is C24H23N7O3. The lowest BCUT2D eigenvalue weighted by atomic mass is 10.1. The lowest BCUT2D eigenvalue weighted by molar-refractivity contribution is -0.115. The molecule has 4 heterocycles. The first kappa shape index (κ1) is 22.6. The molecule has 0 spiro atoms. The van der Waals surface area contributed by atoms with Crippen LogP contribution in [0.4, 0.5) is 11.6 Å². The number of rotatable bonds is 6. The van der Waals surface area contributed by atoms with E-state index >= 15 is 0 Å². The number of nitrogens with two attached hydrogens (primary N) is 1. The molecule has 172 valence electrons. The lowest BCUT2D eigenvalue weighted by Gasteiger charge is -2.15. The second-order valence-corrected chi connectivity index (χ2v) is 7.46. The number of aromatic nitrogens is 4. The van der Waals surface area contributed by atoms with Crippen LogP contribution in [0.5, 0.6) is 0 Å². The van der Waals surface area contributed by atoms with E-state index in [2.05, 4.69) is 25.6 Å². The summed E-state index contributed by atoms with van der Waals surface area (Å²) in [6, 6.07) is 12.1. The quantitative estimate of drug-likeness (QED) is 0.401. The summed E-state index contributed by atoms with van der Waals surface area (Å²) in [6.07, 6.45) is 3.31. The van der Waals surface area contributed by atoms with Crippen LogP contribution in [0.2, 0.25) is 0 Å². The highest BCUT2D eigenvalue weighted by Gasteiger charge is 2.20. The van der Waals surface area contributed by atoms with Crippen molar-refractivity contribution < 1.29 is 9.59 Å². The second-order valence-electron chi connectivity index (χ2n) is 7.46. The van der Waals surface area contributed by atoms with Gasteiger partial charge in [0.1, 0.15) is 22.8 Å². The molecule has 0 aliphatic carbocycles. The van der Waals surface area contributed by atoms with Crippen molar-refractivity contribution in [1.82, 2.24) is 24.8 Å². The number of nitrogen functional groups attached to an aromatic ring is 1. The fourth-order valence-corrected chi connectivity index (χ4v) is 3.63. The molecule has 10 nitrogen and oxygen atoms in total. The van der Waals surface area contributed by atoms with E-state index in [1.54, 1.807) is 59.4 Å². The van der Waals surface area contributed by atoms with Gasteiger partial charge < -0.3 is 20.9 Å². The first-order valence-electron chi connectivity index (χ1n) is 10.6. The lowest BCUT2D eigenvalue weighted by Crippen LogP contribution is -2.30. The minimum atomic E-state index is -0.539. The first-order chi connectivity index (χ1) is 16.4. The van der Waals surface area contributed by atoms with E-state index in [9.17, 15) is 14.4 Å². The summed E-state index contributed by atoms with van der Waals surface area (Å²) in [7, 11) is 1.45. The summed E-state index contributed by atoms with van der Waals surface area (Å²) >= 11 is 0. The average molecular weight is 457 g/mol. The van der Waals surface area contributed by atoms with Gasteiger partial charge >= 0.3 is 0 Å². The van der Waals surface area contributed by atoms with Crippen LogP contribution in [0, 0.1) is 0 Å². The van der Waals surface area contributed by atoms with Crippen LogP contribution in [0.25, 0.3) is 22.3 Å². The fourth-order valence-electron chi connectivity index (χ4n) is 3.63. The highest BCUT2D eigenvalue weighted by Crippen LogP contribution is 2.22. The summed E-state index contributed by atoms with van der Waals surface area (Å²) < 4.78 is 1.63. The number of aryl methyl sites for hydroxylation is 1. The van der Waals surface area contributed by atoms with Crippen molar-refractivity contribution in [2.75, 3.05) is 18.1 Å². The molecule has 34 heavy (non-hydrogen) atoms. The molecule has 10 heteroatoms. The van der Waals surface area contributed by atoms with Gasteiger partial charge in [-0.15, -0.1) is 0 Å². The van der Waals surface area contributed by atoms with Gasteiger partial charge in [-0.2, -0.15) is 0 Å². The van der Waals surface area contributed by atoms with E-state index in [0.29, 0.717) is 40.3 Å². The topological polar surface area (TPSA) is 145 Å². The largest absolute Gasteiger partial charge is 0.384 e. The maximum Gasteiger partial charge on any atom is 0.258 e. The highest BCUT2D eigenvalue weighted by atomic mass is 16.2. The summed E-state index contributed by atoms with van der Waals surface area (Å²) in [5.41, 5.74) is 7.85. The van der Waals surface area contributed by atoms with Crippen molar-refractivity contribution in [1.29, 1.82) is 0 Å². The van der Waals surface area contributed by atoms with Crippen LogP contribution in [0.3, 0.4) is 0 Å². The zero-order valence-electron chi connectivity index (χ0n) is 18.7. The third-order valence-electron chi connectivity index (χ3n) is 5.31. The molecule has 0 saturated carbocycles. The van der Waals surface area contributed by atoms with Gasteiger partial charge in [0.2, 0.25) is 11.3 Å². The van der Waals surface area contributed by atoms with Crippen LogP contribution in [-0.2, 0) is 17.8 Å². The van der Waals surface area contributed by atoms with Crippen LogP contribution in [0.1, 0.15) is 23.0 Å². The molecular weight excluding hydrogens is 434 g/mol. The molecule has 0 unspecified atom stereocenters. The average Bonchev–Trinajstić information content (AvgIpc) is 2.85. The minimum Gasteiger partial charge on any atom is -0.384 e. The van der Waals surface area contributed by atoms with Crippen LogP contribution >= 0.6 is 0 Å². The molecule has 4 aromatic heterocycles. The van der Waals surface area contributed by atoms with Crippen molar-refractivity contribution >= 4 is 34.5 Å². The predicted molar refractivity (Wildman–Crippen MR) is 129 cm³/mol. The zero-order valence-corrected chi connectivity index (χ0v) is 18.7. The zero-order chi connectivity index (χ0) is 24.2. The van der Waals surface area contributed by atoms with E-state index in [0.717, 1.165) is 0 Å². The van der Waals surface area contributed by atoms with E-state index in [1.807, 2.05) is 6.92 Å². The van der Waals surface area contributed by atoms with E-state index in [-0.39, 0.29) is 23.7 Å². The van der Waals surface area contributed by atoms with Gasteiger partial charge in [-0.05, 0) is 43.3 Å². The van der Waals surface area contributed by atoms with Gasteiger partial charge in [0, 0.05) is 37.2 Å². The molecule has 4 aromatic rings. The molecule has 4 rings (SSSR count). The SMILES string of the molecule is CCn1c(N)c(C(=O)NC)c(=O)c2ccc(-c3ccc(CC(=O)Nc4ccccn4)nc3)nc21. The number of amides is 2. The first-order valence-corrected chi connectivity index (χ1v) is 10.6. The maximum atomic E-state index is 12.9. The molecule has 0 radical (unpaired) electrons. The number of carbonyl (C=O) groups is 2. The number of carbonyl (C=O) groups excluding carboxylic acids is 2. The Balaban J connectivity index is 1.63. The Morgan fingerprint density at radius 1 is 1.09 bits per heavy atom. The Labute approximate surface area is 194 Å². The summed E-state index contributed by atoms with van der Waals surface area (Å²) in [6.45, 7) is 2.28. The van der Waals surface area contributed by atoms with Gasteiger partial charge in [-0.1, -0.05) is 6.07 Å². The molecule has 0 aliphatic heterocycles. The van der Waals surface area contributed by atoms with Gasteiger partial charge in [0.05, 0.1) is 17.5 Å². The fraction of sp³-hybridized carbons (Fsp3) is 0.167. The van der Waals surface area contributed by atoms with Crippen LogP contribution < -0.4 is 21.8 Å². The highest BCUT2D eigenvalue weighted by molar-refractivity contribution is 6.01. The Bertz CT molecular complexity index is 1430. The smallest absolute Gasteiger partial charge is 0.258 e. The third-order valence-corrected chi connectivity index (χ3v) is 5.31. The Hall–Kier alpha value is -4.60. The summed E-state index contributed by atoms with van der Waals surface area (Å²) in [5, 5.41) is 5.48. The molecule has 2 amide bonds. The molecule has 0 aliphatic rings. The van der Waals surface area contributed by atoms with Gasteiger partial charge in [0.15, 0.2) is 0 Å². The van der Waals surface area contributed by atoms with Gasteiger partial charge in [0.25, 0.3) is 5.91 Å². The van der Waals surface area contributed by atoms with E-state index in [1.165, 1.54) is 7.05 Å². The van der Waals surface area contributed by atoms with E-state index < -0.39 is 11.3 Å². The predicted octanol–water partition coefficient (Wildman–Crippen LogP) is 2.00. The van der Waals surface area contributed by atoms with Crippen LogP contribution in [-0.4, -0.2) is 38.4 Å². The second kappa shape index (κ2) is 9.49. The molecule has 0 fully saturated rings. The molecule has 0 aromatic carbocycles. The van der Waals surface area contributed by atoms with Crippen LogP contribution in [0.15, 0.2) is 59.7 Å². The Morgan fingerprint density at radius 2 is 1.91 bits per heavy atom. The number of nitrogens with one attached hydrogen (secondary N) is 2. The molecule has 0 bridgehead atoms. The van der Waals surface area contributed by atoms with Crippen molar-refractivity contribution in [3.05, 3.63) is 76.3 Å². The minimum absolute atomic E-state index is 0.0661. The Morgan fingerprint density at radius 3 is 2.56 bits per heavy atom. The number of pyridine rings is 4. The number of fused-ring (bicyclic) bond motifs is 1. The number of hydrogen-bond donors (Lipinski definition) is 3. The summed E-state index contributed by atoms with van der Waals surface area (Å²) in [4.78, 5) is 50.4. The van der Waals surface area contributed by atoms with Crippen molar-refractivity contribution in [3.8, 4) is 11.3 Å². The third kappa shape index (κ3) is 4.33. The van der Waals surface area contributed by atoms with Crippen molar-refractivity contribution in [2.24, 2.45) is 0 Å². The Kier molecular flexibility index (Phi) is 6.30. The number of nitrogens with zero attached hydrogens (tertiary/aromatic N) is 4. The summed E-state index contributed by atoms with van der Waals surface area (Å²) in [5.74, 6) is -0.221.